The third kappa shape index (κ3) is 2.97. The summed E-state index contributed by atoms with van der Waals surface area (Å²) in [4.78, 5) is 0. The highest BCUT2D eigenvalue weighted by atomic mass is 28.1. The van der Waals surface area contributed by atoms with E-state index in [4.69, 9.17) is 9.47 Å². The minimum atomic E-state index is -0.522. The van der Waals surface area contributed by atoms with Gasteiger partial charge in [-0.2, -0.15) is 0 Å². The van der Waals surface area contributed by atoms with Crippen LogP contribution >= 0.6 is 0 Å². The van der Waals surface area contributed by atoms with Crippen LogP contribution in [0, 0.1) is 0 Å². The molecule has 1 N–H and O–H groups in total. The molecule has 0 bridgehead atoms. The van der Waals surface area contributed by atoms with Crippen molar-refractivity contribution in [1.29, 1.82) is 0 Å². The third-order valence-electron chi connectivity index (χ3n) is 2.07. The number of hydrogen-bond donors (Lipinski definition) is 1. The molecule has 3 radical (unpaired) electrons. The van der Waals surface area contributed by atoms with Crippen molar-refractivity contribution in [1.82, 2.24) is 0 Å². The van der Waals surface area contributed by atoms with Crippen LogP contribution in [0.4, 0.5) is 0 Å². The molecule has 0 spiro atoms. The summed E-state index contributed by atoms with van der Waals surface area (Å²) in [6, 6.07) is 5.92. The van der Waals surface area contributed by atoms with Crippen LogP contribution in [0.15, 0.2) is 18.2 Å². The van der Waals surface area contributed by atoms with Crippen molar-refractivity contribution in [3.63, 3.8) is 0 Å². The number of hydrogen-bond acceptors (Lipinski definition) is 3. The van der Waals surface area contributed by atoms with Crippen molar-refractivity contribution in [2.24, 2.45) is 0 Å². The second kappa shape index (κ2) is 5.78. The van der Waals surface area contributed by atoms with Crippen molar-refractivity contribution in [3.8, 4) is 11.5 Å². The molecule has 0 aromatic heterocycles. The molecule has 15 heavy (non-hydrogen) atoms. The molecule has 0 amide bonds. The van der Waals surface area contributed by atoms with Gasteiger partial charge in [0.25, 0.3) is 0 Å². The Morgan fingerprint density at radius 1 is 1.40 bits per heavy atom. The molecule has 1 aromatic carbocycles. The fourth-order valence-electron chi connectivity index (χ4n) is 1.29. The van der Waals surface area contributed by atoms with Crippen LogP contribution in [-0.2, 0) is 0 Å². The van der Waals surface area contributed by atoms with Crippen LogP contribution in [-0.4, -0.2) is 29.1 Å². The molecule has 0 fully saturated rings. The summed E-state index contributed by atoms with van der Waals surface area (Å²) < 4.78 is 10.6. The highest BCUT2D eigenvalue weighted by Crippen LogP contribution is 2.30. The number of benzene rings is 1. The van der Waals surface area contributed by atoms with E-state index in [9.17, 15) is 5.11 Å². The second-order valence-electron chi connectivity index (χ2n) is 3.06. The van der Waals surface area contributed by atoms with Crippen LogP contribution in [0.25, 0.3) is 0 Å². The minimum absolute atomic E-state index is 0.498. The zero-order valence-corrected chi connectivity index (χ0v) is 9.99. The van der Waals surface area contributed by atoms with Gasteiger partial charge in [0.05, 0.1) is 19.8 Å². The average Bonchev–Trinajstić information content (AvgIpc) is 2.28. The fourth-order valence-corrected chi connectivity index (χ4v) is 1.52. The first-order chi connectivity index (χ1) is 7.22. The van der Waals surface area contributed by atoms with E-state index in [0.29, 0.717) is 24.2 Å². The molecular weight excluding hydrogens is 208 g/mol. The molecule has 1 rings (SSSR count). The van der Waals surface area contributed by atoms with Crippen LogP contribution < -0.4 is 9.47 Å². The van der Waals surface area contributed by atoms with E-state index in [0.717, 1.165) is 5.56 Å². The number of aliphatic hydroxyl groups excluding tert-OH is 1. The molecule has 0 aliphatic carbocycles. The second-order valence-corrected chi connectivity index (χ2v) is 3.47. The normalized spacial score (nSPS) is 12.3. The van der Waals surface area contributed by atoms with E-state index in [1.807, 2.05) is 13.0 Å². The van der Waals surface area contributed by atoms with E-state index in [1.54, 1.807) is 19.2 Å². The predicted molar refractivity (Wildman–Crippen MR) is 59.7 cm³/mol. The molecule has 1 aromatic rings. The molecule has 0 aliphatic heterocycles. The lowest BCUT2D eigenvalue weighted by Gasteiger charge is -2.13. The zero-order valence-electron chi connectivity index (χ0n) is 8.99. The first-order valence-corrected chi connectivity index (χ1v) is 5.57. The molecule has 3 nitrogen and oxygen atoms in total. The summed E-state index contributed by atoms with van der Waals surface area (Å²) in [7, 11) is 4.87. The quantitative estimate of drug-likeness (QED) is 0.772. The fraction of sp³-hybridized carbons (Fsp3) is 0.455. The lowest BCUT2D eigenvalue weighted by molar-refractivity contribution is 0.198. The molecule has 81 valence electrons. The number of aliphatic hydroxyl groups is 1. The predicted octanol–water partition coefficient (Wildman–Crippen LogP) is 1.71. The van der Waals surface area contributed by atoms with E-state index in [-0.39, 0.29) is 0 Å². The Labute approximate surface area is 93.4 Å². The van der Waals surface area contributed by atoms with Gasteiger partial charge >= 0.3 is 0 Å². The van der Waals surface area contributed by atoms with Crippen molar-refractivity contribution in [2.45, 2.75) is 19.1 Å². The summed E-state index contributed by atoms with van der Waals surface area (Å²) >= 11 is 0. The number of ether oxygens (including phenoxy) is 2. The van der Waals surface area contributed by atoms with Gasteiger partial charge in [-0.15, -0.1) is 0 Å². The van der Waals surface area contributed by atoms with Crippen LogP contribution in [0.5, 0.6) is 11.5 Å². The molecule has 0 unspecified atom stereocenters. The first-order valence-electron chi connectivity index (χ1n) is 4.86. The van der Waals surface area contributed by atoms with E-state index < -0.39 is 6.10 Å². The largest absolute Gasteiger partial charge is 0.493 e. The molecule has 0 heterocycles. The molecule has 0 saturated carbocycles. The van der Waals surface area contributed by atoms with Gasteiger partial charge in [0.15, 0.2) is 11.5 Å². The monoisotopic (exact) mass is 223 g/mol. The van der Waals surface area contributed by atoms with Crippen molar-refractivity contribution in [2.75, 3.05) is 13.7 Å². The maximum absolute atomic E-state index is 9.64. The third-order valence-corrected chi connectivity index (χ3v) is 2.45. The van der Waals surface area contributed by atoms with Gasteiger partial charge in [0, 0.05) is 10.2 Å². The Morgan fingerprint density at radius 3 is 2.67 bits per heavy atom. The van der Waals surface area contributed by atoms with Gasteiger partial charge in [-0.05, 0) is 30.7 Å². The smallest absolute Gasteiger partial charge is 0.161 e. The highest BCUT2D eigenvalue weighted by molar-refractivity contribution is 6.08. The Kier molecular flexibility index (Phi) is 4.65. The Hall–Kier alpha value is -1.00. The Bertz CT molecular complexity index is 315. The van der Waals surface area contributed by atoms with E-state index in [1.165, 1.54) is 0 Å². The number of methoxy groups -OCH3 is 1. The average molecular weight is 223 g/mol. The lowest BCUT2D eigenvalue weighted by atomic mass is 10.1. The Morgan fingerprint density at radius 2 is 2.13 bits per heavy atom. The lowest BCUT2D eigenvalue weighted by Crippen LogP contribution is -2.00. The molecular formula is C11H15O3Si. The van der Waals surface area contributed by atoms with Gasteiger partial charge in [0.1, 0.15) is 0 Å². The maximum atomic E-state index is 9.64. The summed E-state index contributed by atoms with van der Waals surface area (Å²) in [5.41, 5.74) is 0.814. The van der Waals surface area contributed by atoms with Gasteiger partial charge in [-0.3, -0.25) is 0 Å². The first kappa shape index (κ1) is 12.1. The topological polar surface area (TPSA) is 38.7 Å². The standard InChI is InChI=1S/C11H15O3Si/c1-3-14-11-6-8(9(12)7-15)4-5-10(11)13-2/h4-6,9,12H,3,7H2,1-2H3/t9-/m0/s1. The highest BCUT2D eigenvalue weighted by Gasteiger charge is 2.09. The van der Waals surface area contributed by atoms with Crippen molar-refractivity contribution >= 4 is 10.2 Å². The van der Waals surface area contributed by atoms with Crippen LogP contribution in [0.3, 0.4) is 0 Å². The summed E-state index contributed by atoms with van der Waals surface area (Å²) in [6.45, 7) is 2.48. The molecule has 0 saturated heterocycles. The zero-order chi connectivity index (χ0) is 11.3. The van der Waals surface area contributed by atoms with E-state index >= 15 is 0 Å². The number of rotatable bonds is 5. The van der Waals surface area contributed by atoms with Gasteiger partial charge in [-0.1, -0.05) is 6.07 Å². The van der Waals surface area contributed by atoms with E-state index in [2.05, 4.69) is 10.2 Å². The minimum Gasteiger partial charge on any atom is -0.493 e. The van der Waals surface area contributed by atoms with Crippen molar-refractivity contribution in [3.05, 3.63) is 23.8 Å². The molecule has 1 atom stereocenters. The molecule has 4 heteroatoms. The van der Waals surface area contributed by atoms with Crippen LogP contribution in [0.2, 0.25) is 6.04 Å². The van der Waals surface area contributed by atoms with Crippen LogP contribution in [0.1, 0.15) is 18.6 Å². The Balaban J connectivity index is 2.98. The van der Waals surface area contributed by atoms with Gasteiger partial charge < -0.3 is 14.6 Å². The summed E-state index contributed by atoms with van der Waals surface area (Å²) in [5, 5.41) is 9.64. The van der Waals surface area contributed by atoms with Gasteiger partial charge in [-0.25, -0.2) is 0 Å². The molecule has 0 aliphatic rings. The summed E-state index contributed by atoms with van der Waals surface area (Å²) in [6.07, 6.45) is -0.522. The summed E-state index contributed by atoms with van der Waals surface area (Å²) in [5.74, 6) is 1.35. The maximum Gasteiger partial charge on any atom is 0.161 e. The van der Waals surface area contributed by atoms with Crippen molar-refractivity contribution < 1.29 is 14.6 Å². The SMILES string of the molecule is CCOc1cc([C@@H](O)C[Si])ccc1OC. The van der Waals surface area contributed by atoms with Gasteiger partial charge in [0.2, 0.25) is 0 Å².